The molecule has 1 aromatic heterocycles. The second kappa shape index (κ2) is 4.61. The highest BCUT2D eigenvalue weighted by Gasteiger charge is 2.05. The molecule has 2 rings (SSSR count). The number of aromatic nitrogens is 1. The van der Waals surface area contributed by atoms with Crippen LogP contribution in [0.3, 0.4) is 0 Å². The van der Waals surface area contributed by atoms with Crippen LogP contribution in [0.5, 0.6) is 0 Å². The quantitative estimate of drug-likeness (QED) is 0.847. The number of nitrogens with two attached hydrogens (primary N) is 1. The summed E-state index contributed by atoms with van der Waals surface area (Å²) in [5, 5.41) is 0. The SMILES string of the molecule is Cl.NC(=O)c1cccc(-c2ncco2)c1. The number of amides is 1. The van der Waals surface area contributed by atoms with E-state index in [1.54, 1.807) is 30.5 Å². The van der Waals surface area contributed by atoms with Crippen LogP contribution < -0.4 is 5.73 Å². The van der Waals surface area contributed by atoms with Crippen LogP contribution in [0.4, 0.5) is 0 Å². The summed E-state index contributed by atoms with van der Waals surface area (Å²) in [6.45, 7) is 0. The zero-order chi connectivity index (χ0) is 9.97. The number of carbonyl (C=O) groups excluding carboxylic acids is 1. The largest absolute Gasteiger partial charge is 0.445 e. The molecule has 0 spiro atoms. The standard InChI is InChI=1S/C10H8N2O2.ClH/c11-9(13)7-2-1-3-8(6-7)10-12-4-5-14-10;/h1-6H,(H2,11,13);1H. The number of halogens is 1. The van der Waals surface area contributed by atoms with E-state index in [4.69, 9.17) is 10.2 Å². The van der Waals surface area contributed by atoms with Crippen molar-refractivity contribution in [2.24, 2.45) is 5.73 Å². The van der Waals surface area contributed by atoms with E-state index in [0.717, 1.165) is 5.56 Å². The number of benzene rings is 1. The van der Waals surface area contributed by atoms with Gasteiger partial charge in [-0.05, 0) is 18.2 Å². The van der Waals surface area contributed by atoms with Gasteiger partial charge in [0.05, 0.1) is 6.20 Å². The van der Waals surface area contributed by atoms with E-state index in [2.05, 4.69) is 4.98 Å². The molecule has 0 unspecified atom stereocenters. The van der Waals surface area contributed by atoms with Crippen molar-refractivity contribution in [3.05, 3.63) is 42.3 Å². The molecule has 0 atom stereocenters. The highest BCUT2D eigenvalue weighted by atomic mass is 35.5. The molecule has 2 N–H and O–H groups in total. The molecule has 1 amide bonds. The van der Waals surface area contributed by atoms with Crippen LogP contribution >= 0.6 is 12.4 Å². The van der Waals surface area contributed by atoms with Crippen molar-refractivity contribution in [1.29, 1.82) is 0 Å². The second-order valence-electron chi connectivity index (χ2n) is 2.78. The number of primary amides is 1. The Labute approximate surface area is 92.5 Å². The first-order valence-electron chi connectivity index (χ1n) is 4.07. The molecule has 78 valence electrons. The van der Waals surface area contributed by atoms with Gasteiger partial charge >= 0.3 is 0 Å². The number of oxazole rings is 1. The lowest BCUT2D eigenvalue weighted by atomic mass is 10.1. The smallest absolute Gasteiger partial charge is 0.248 e. The molecule has 0 fully saturated rings. The molecule has 5 heteroatoms. The summed E-state index contributed by atoms with van der Waals surface area (Å²) in [7, 11) is 0. The molecular weight excluding hydrogens is 216 g/mol. The maximum Gasteiger partial charge on any atom is 0.248 e. The minimum Gasteiger partial charge on any atom is -0.445 e. The Bertz CT molecular complexity index is 454. The summed E-state index contributed by atoms with van der Waals surface area (Å²) in [5.41, 5.74) is 6.33. The lowest BCUT2D eigenvalue weighted by molar-refractivity contribution is 0.100. The van der Waals surface area contributed by atoms with Crippen LogP contribution in [0.15, 0.2) is 41.1 Å². The molecule has 0 bridgehead atoms. The number of hydrogen-bond donors (Lipinski definition) is 1. The fourth-order valence-electron chi connectivity index (χ4n) is 1.17. The molecule has 0 aliphatic heterocycles. The monoisotopic (exact) mass is 224 g/mol. The van der Waals surface area contributed by atoms with Gasteiger partial charge in [0.2, 0.25) is 11.8 Å². The summed E-state index contributed by atoms with van der Waals surface area (Å²) >= 11 is 0. The van der Waals surface area contributed by atoms with E-state index < -0.39 is 5.91 Å². The average molecular weight is 225 g/mol. The fourth-order valence-corrected chi connectivity index (χ4v) is 1.17. The topological polar surface area (TPSA) is 69.1 Å². The Hall–Kier alpha value is -1.81. The van der Waals surface area contributed by atoms with Gasteiger partial charge in [-0.3, -0.25) is 4.79 Å². The third-order valence-electron chi connectivity index (χ3n) is 1.83. The highest BCUT2D eigenvalue weighted by Crippen LogP contribution is 2.17. The van der Waals surface area contributed by atoms with Gasteiger partial charge in [-0.15, -0.1) is 12.4 Å². The van der Waals surface area contributed by atoms with Crippen LogP contribution in [0, 0.1) is 0 Å². The fraction of sp³-hybridized carbons (Fsp3) is 0. The van der Waals surface area contributed by atoms with Crippen LogP contribution in [0.2, 0.25) is 0 Å². The Kier molecular flexibility index (Phi) is 3.46. The van der Waals surface area contributed by atoms with Crippen LogP contribution in [-0.2, 0) is 0 Å². The average Bonchev–Trinajstić information content (AvgIpc) is 2.71. The summed E-state index contributed by atoms with van der Waals surface area (Å²) in [4.78, 5) is 14.9. The molecule has 0 saturated carbocycles. The van der Waals surface area contributed by atoms with Gasteiger partial charge in [-0.2, -0.15) is 0 Å². The number of rotatable bonds is 2. The van der Waals surface area contributed by atoms with Crippen molar-refractivity contribution in [2.45, 2.75) is 0 Å². The highest BCUT2D eigenvalue weighted by molar-refractivity contribution is 5.93. The zero-order valence-electron chi connectivity index (χ0n) is 7.71. The minimum absolute atomic E-state index is 0. The predicted octanol–water partition coefficient (Wildman–Crippen LogP) is 1.86. The van der Waals surface area contributed by atoms with Crippen molar-refractivity contribution < 1.29 is 9.21 Å². The molecule has 1 heterocycles. The van der Waals surface area contributed by atoms with E-state index >= 15 is 0 Å². The van der Waals surface area contributed by atoms with Gasteiger partial charge < -0.3 is 10.2 Å². The third kappa shape index (κ3) is 2.35. The molecule has 0 radical (unpaired) electrons. The Balaban J connectivity index is 0.00000112. The van der Waals surface area contributed by atoms with Crippen molar-refractivity contribution in [2.75, 3.05) is 0 Å². The Morgan fingerprint density at radius 1 is 1.40 bits per heavy atom. The molecule has 0 saturated heterocycles. The van der Waals surface area contributed by atoms with Gasteiger partial charge in [0.1, 0.15) is 6.26 Å². The van der Waals surface area contributed by atoms with E-state index in [1.165, 1.54) is 6.26 Å². The van der Waals surface area contributed by atoms with Crippen LogP contribution in [0.25, 0.3) is 11.5 Å². The van der Waals surface area contributed by atoms with Gasteiger partial charge in [-0.25, -0.2) is 4.98 Å². The van der Waals surface area contributed by atoms with Crippen molar-refractivity contribution in [3.63, 3.8) is 0 Å². The first-order valence-corrected chi connectivity index (χ1v) is 4.07. The molecular formula is C10H9ClN2O2. The van der Waals surface area contributed by atoms with E-state index in [-0.39, 0.29) is 12.4 Å². The molecule has 0 aliphatic carbocycles. The maximum absolute atomic E-state index is 10.9. The molecule has 15 heavy (non-hydrogen) atoms. The maximum atomic E-state index is 10.9. The summed E-state index contributed by atoms with van der Waals surface area (Å²) in [6.07, 6.45) is 3.03. The zero-order valence-corrected chi connectivity index (χ0v) is 8.53. The van der Waals surface area contributed by atoms with E-state index in [1.807, 2.05) is 0 Å². The molecule has 1 aromatic carbocycles. The number of carbonyl (C=O) groups is 1. The Morgan fingerprint density at radius 2 is 2.20 bits per heavy atom. The van der Waals surface area contributed by atoms with Crippen molar-refractivity contribution >= 4 is 18.3 Å². The van der Waals surface area contributed by atoms with Gasteiger partial charge in [-0.1, -0.05) is 6.07 Å². The van der Waals surface area contributed by atoms with Crippen LogP contribution in [-0.4, -0.2) is 10.9 Å². The van der Waals surface area contributed by atoms with E-state index in [9.17, 15) is 4.79 Å². The van der Waals surface area contributed by atoms with Gasteiger partial charge in [0, 0.05) is 11.1 Å². The summed E-state index contributed by atoms with van der Waals surface area (Å²) in [6, 6.07) is 6.83. The first-order chi connectivity index (χ1) is 6.77. The first kappa shape index (κ1) is 11.3. The van der Waals surface area contributed by atoms with Gasteiger partial charge in [0.25, 0.3) is 0 Å². The number of hydrogen-bond acceptors (Lipinski definition) is 3. The second-order valence-corrected chi connectivity index (χ2v) is 2.78. The molecule has 4 nitrogen and oxygen atoms in total. The van der Waals surface area contributed by atoms with Crippen molar-refractivity contribution in [3.8, 4) is 11.5 Å². The minimum atomic E-state index is -0.460. The predicted molar refractivity (Wildman–Crippen MR) is 57.7 cm³/mol. The lowest BCUT2D eigenvalue weighted by Crippen LogP contribution is -2.10. The third-order valence-corrected chi connectivity index (χ3v) is 1.83. The summed E-state index contributed by atoms with van der Waals surface area (Å²) in [5.74, 6) is 0.0199. The van der Waals surface area contributed by atoms with Crippen LogP contribution in [0.1, 0.15) is 10.4 Å². The number of nitrogens with zero attached hydrogens (tertiary/aromatic N) is 1. The lowest BCUT2D eigenvalue weighted by Gasteiger charge is -1.97. The summed E-state index contributed by atoms with van der Waals surface area (Å²) < 4.78 is 5.09. The Morgan fingerprint density at radius 3 is 2.80 bits per heavy atom. The van der Waals surface area contributed by atoms with Crippen molar-refractivity contribution in [1.82, 2.24) is 4.98 Å². The molecule has 0 aliphatic rings. The van der Waals surface area contributed by atoms with E-state index in [0.29, 0.717) is 11.5 Å². The normalized spacial score (nSPS) is 9.33. The molecule has 2 aromatic rings. The van der Waals surface area contributed by atoms with Gasteiger partial charge in [0.15, 0.2) is 0 Å².